The number of hydrogen-bond donors (Lipinski definition) is 2. The maximum atomic E-state index is 13.9. The van der Waals surface area contributed by atoms with Gasteiger partial charge in [0.1, 0.15) is 5.82 Å². The summed E-state index contributed by atoms with van der Waals surface area (Å²) in [5.41, 5.74) is 1.28. The summed E-state index contributed by atoms with van der Waals surface area (Å²) >= 11 is 1.42. The Morgan fingerprint density at radius 1 is 0.818 bits per heavy atom. The molecule has 0 aromatic heterocycles. The van der Waals surface area contributed by atoms with Gasteiger partial charge in [-0.25, -0.2) is 4.39 Å². The van der Waals surface area contributed by atoms with Crippen LogP contribution in [0, 0.1) is 5.82 Å². The summed E-state index contributed by atoms with van der Waals surface area (Å²) in [5.74, 6) is -1.17. The van der Waals surface area contributed by atoms with Crippen LogP contribution in [0.25, 0.3) is 10.8 Å². The Hall–Kier alpha value is -3.64. The summed E-state index contributed by atoms with van der Waals surface area (Å²) in [7, 11) is 0. The van der Waals surface area contributed by atoms with Gasteiger partial charge in [-0.1, -0.05) is 55.5 Å². The quantitative estimate of drug-likeness (QED) is 0.302. The van der Waals surface area contributed by atoms with Crippen LogP contribution < -0.4 is 10.6 Å². The van der Waals surface area contributed by atoms with Crippen LogP contribution in [0.4, 0.5) is 15.8 Å². The first kappa shape index (κ1) is 22.6. The SMILES string of the molecule is CCC(Sc1cccc(NC(=O)c2ccccc2F)c1)C(=O)Nc1ccc2ccccc2c1. The highest BCUT2D eigenvalue weighted by Crippen LogP contribution is 2.29. The molecule has 166 valence electrons. The number of hydrogen-bond acceptors (Lipinski definition) is 3. The molecule has 4 rings (SSSR count). The molecule has 0 aliphatic heterocycles. The number of carbonyl (C=O) groups excluding carboxylic acids is 2. The summed E-state index contributed by atoms with van der Waals surface area (Å²) in [6.07, 6.45) is 0.635. The Kier molecular flexibility index (Phi) is 7.05. The second-order valence-corrected chi connectivity index (χ2v) is 8.80. The molecule has 1 atom stereocenters. The Bertz CT molecular complexity index is 1310. The molecule has 0 saturated heterocycles. The molecule has 2 amide bonds. The standard InChI is InChI=1S/C27H23FN2O2S/c1-2-25(27(32)30-21-15-14-18-8-3-4-9-19(18)16-21)33-22-11-7-10-20(17-22)29-26(31)23-12-5-6-13-24(23)28/h3-17,25H,2H2,1H3,(H,29,31)(H,30,32). The van der Waals surface area contributed by atoms with Crippen molar-refractivity contribution in [3.8, 4) is 0 Å². The van der Waals surface area contributed by atoms with Crippen molar-refractivity contribution in [2.45, 2.75) is 23.5 Å². The first-order chi connectivity index (χ1) is 16.0. The third-order valence-electron chi connectivity index (χ3n) is 5.17. The highest BCUT2D eigenvalue weighted by Gasteiger charge is 2.19. The van der Waals surface area contributed by atoms with E-state index in [-0.39, 0.29) is 16.7 Å². The molecule has 4 nitrogen and oxygen atoms in total. The van der Waals surface area contributed by atoms with E-state index in [1.807, 2.05) is 55.5 Å². The van der Waals surface area contributed by atoms with Crippen molar-refractivity contribution >= 4 is 45.7 Å². The molecule has 0 fully saturated rings. The molecule has 6 heteroatoms. The third-order valence-corrected chi connectivity index (χ3v) is 6.53. The molecule has 1 unspecified atom stereocenters. The predicted molar refractivity (Wildman–Crippen MR) is 133 cm³/mol. The zero-order chi connectivity index (χ0) is 23.2. The lowest BCUT2D eigenvalue weighted by Crippen LogP contribution is -2.24. The lowest BCUT2D eigenvalue weighted by molar-refractivity contribution is -0.115. The maximum absolute atomic E-state index is 13.9. The van der Waals surface area contributed by atoms with Gasteiger partial charge >= 0.3 is 0 Å². The van der Waals surface area contributed by atoms with Crippen LogP contribution >= 0.6 is 11.8 Å². The zero-order valence-electron chi connectivity index (χ0n) is 18.0. The summed E-state index contributed by atoms with van der Waals surface area (Å²) < 4.78 is 13.9. The normalized spacial score (nSPS) is 11.7. The Labute approximate surface area is 196 Å². The van der Waals surface area contributed by atoms with E-state index in [0.717, 1.165) is 21.4 Å². The summed E-state index contributed by atoms with van der Waals surface area (Å²) in [6.45, 7) is 1.96. The Morgan fingerprint density at radius 3 is 2.33 bits per heavy atom. The van der Waals surface area contributed by atoms with E-state index in [1.54, 1.807) is 24.3 Å². The molecule has 0 saturated carbocycles. The summed E-state index contributed by atoms with van der Waals surface area (Å²) in [5, 5.41) is 7.60. The molecule has 33 heavy (non-hydrogen) atoms. The minimum Gasteiger partial charge on any atom is -0.325 e. The van der Waals surface area contributed by atoms with Crippen LogP contribution in [0.2, 0.25) is 0 Å². The van der Waals surface area contributed by atoms with Gasteiger partial charge in [0.15, 0.2) is 0 Å². The fourth-order valence-electron chi connectivity index (χ4n) is 3.47. The van der Waals surface area contributed by atoms with Gasteiger partial charge in [-0.3, -0.25) is 9.59 Å². The van der Waals surface area contributed by atoms with E-state index in [2.05, 4.69) is 10.6 Å². The van der Waals surface area contributed by atoms with E-state index in [9.17, 15) is 14.0 Å². The number of benzene rings is 4. The predicted octanol–water partition coefficient (Wildman–Crippen LogP) is 6.74. The van der Waals surface area contributed by atoms with Crippen LogP contribution in [0.3, 0.4) is 0 Å². The number of carbonyl (C=O) groups is 2. The first-order valence-corrected chi connectivity index (χ1v) is 11.5. The van der Waals surface area contributed by atoms with Gasteiger partial charge in [-0.2, -0.15) is 0 Å². The fourth-order valence-corrected chi connectivity index (χ4v) is 4.48. The van der Waals surface area contributed by atoms with Crippen LogP contribution in [0.5, 0.6) is 0 Å². The fraction of sp³-hybridized carbons (Fsp3) is 0.111. The van der Waals surface area contributed by atoms with E-state index < -0.39 is 11.7 Å². The smallest absolute Gasteiger partial charge is 0.258 e. The third kappa shape index (κ3) is 5.59. The first-order valence-electron chi connectivity index (χ1n) is 10.7. The van der Waals surface area contributed by atoms with Gasteiger partial charge < -0.3 is 10.6 Å². The van der Waals surface area contributed by atoms with Crippen LogP contribution in [0.15, 0.2) is 95.9 Å². The number of fused-ring (bicyclic) bond motifs is 1. The molecule has 4 aromatic rings. The molecule has 0 heterocycles. The van der Waals surface area contributed by atoms with Crippen molar-refractivity contribution in [3.05, 3.63) is 102 Å². The molecule has 0 spiro atoms. The maximum Gasteiger partial charge on any atom is 0.258 e. The molecule has 0 aliphatic carbocycles. The van der Waals surface area contributed by atoms with Crippen LogP contribution in [-0.4, -0.2) is 17.1 Å². The summed E-state index contributed by atoms with van der Waals surface area (Å²) in [4.78, 5) is 26.2. The van der Waals surface area contributed by atoms with Crippen molar-refractivity contribution in [1.29, 1.82) is 0 Å². The number of halogens is 1. The van der Waals surface area contributed by atoms with E-state index in [0.29, 0.717) is 12.1 Å². The van der Waals surface area contributed by atoms with Gasteiger partial charge in [0.05, 0.1) is 10.8 Å². The minimum atomic E-state index is -0.572. The van der Waals surface area contributed by atoms with E-state index in [1.165, 1.54) is 30.0 Å². The second kappa shape index (κ2) is 10.3. The summed E-state index contributed by atoms with van der Waals surface area (Å²) in [6, 6.07) is 26.9. The van der Waals surface area contributed by atoms with E-state index in [4.69, 9.17) is 0 Å². The topological polar surface area (TPSA) is 58.2 Å². The Balaban J connectivity index is 1.43. The lowest BCUT2D eigenvalue weighted by atomic mass is 10.1. The average molecular weight is 459 g/mol. The van der Waals surface area contributed by atoms with Gasteiger partial charge in [0.2, 0.25) is 5.91 Å². The molecule has 0 radical (unpaired) electrons. The molecular formula is C27H23FN2O2S. The van der Waals surface area contributed by atoms with Gasteiger partial charge in [0.25, 0.3) is 5.91 Å². The van der Waals surface area contributed by atoms with Crippen molar-refractivity contribution in [3.63, 3.8) is 0 Å². The molecular weight excluding hydrogens is 435 g/mol. The van der Waals surface area contributed by atoms with E-state index >= 15 is 0 Å². The second-order valence-electron chi connectivity index (χ2n) is 7.53. The monoisotopic (exact) mass is 458 g/mol. The van der Waals surface area contributed by atoms with Crippen molar-refractivity contribution in [2.75, 3.05) is 10.6 Å². The van der Waals surface area contributed by atoms with Crippen molar-refractivity contribution in [1.82, 2.24) is 0 Å². The number of amides is 2. The average Bonchev–Trinajstić information content (AvgIpc) is 2.83. The van der Waals surface area contributed by atoms with Gasteiger partial charge in [-0.15, -0.1) is 11.8 Å². The number of anilines is 2. The minimum absolute atomic E-state index is 0.0169. The number of thioether (sulfide) groups is 1. The van der Waals surface area contributed by atoms with Crippen LogP contribution in [-0.2, 0) is 4.79 Å². The van der Waals surface area contributed by atoms with Gasteiger partial charge in [0, 0.05) is 16.3 Å². The molecule has 0 aliphatic rings. The molecule has 2 N–H and O–H groups in total. The number of rotatable bonds is 7. The zero-order valence-corrected chi connectivity index (χ0v) is 18.9. The van der Waals surface area contributed by atoms with Gasteiger partial charge in [-0.05, 0) is 59.7 Å². The largest absolute Gasteiger partial charge is 0.325 e. The highest BCUT2D eigenvalue weighted by atomic mass is 32.2. The van der Waals surface area contributed by atoms with Crippen molar-refractivity contribution < 1.29 is 14.0 Å². The number of nitrogens with one attached hydrogen (secondary N) is 2. The van der Waals surface area contributed by atoms with Crippen LogP contribution in [0.1, 0.15) is 23.7 Å². The lowest BCUT2D eigenvalue weighted by Gasteiger charge is -2.16. The van der Waals surface area contributed by atoms with Crippen molar-refractivity contribution in [2.24, 2.45) is 0 Å². The molecule has 4 aromatic carbocycles. The highest BCUT2D eigenvalue weighted by molar-refractivity contribution is 8.00. The Morgan fingerprint density at radius 2 is 1.55 bits per heavy atom. The molecule has 0 bridgehead atoms.